The highest BCUT2D eigenvalue weighted by molar-refractivity contribution is 9.10. The van der Waals surface area contributed by atoms with Gasteiger partial charge in [-0.25, -0.2) is 4.98 Å². The minimum absolute atomic E-state index is 0.511. The number of thioether (sulfide) groups is 1. The number of hydrogen-bond donors (Lipinski definition) is 1. The molecule has 2 rings (SSSR count). The second-order valence-electron chi connectivity index (χ2n) is 3.61. The first-order chi connectivity index (χ1) is 7.25. The minimum Gasteiger partial charge on any atom is -0.383 e. The number of rotatable bonds is 3. The Labute approximate surface area is 107 Å². The first kappa shape index (κ1) is 11.6. The highest BCUT2D eigenvalue weighted by Gasteiger charge is 2.14. The van der Waals surface area contributed by atoms with Crippen molar-refractivity contribution in [3.8, 4) is 0 Å². The number of aromatic nitrogens is 1. The molecule has 0 aromatic carbocycles. The Morgan fingerprint density at radius 1 is 1.67 bits per heavy atom. The van der Waals surface area contributed by atoms with Crippen LogP contribution in [-0.2, 0) is 0 Å². The second kappa shape index (κ2) is 5.41. The molecule has 1 aliphatic rings. The van der Waals surface area contributed by atoms with Crippen LogP contribution in [0.15, 0.2) is 16.7 Å². The number of nitrogens with zero attached hydrogens (tertiary/aromatic N) is 1. The molecular formula is C10H12BrClN2S. The van der Waals surface area contributed by atoms with Crippen molar-refractivity contribution in [1.82, 2.24) is 4.98 Å². The van der Waals surface area contributed by atoms with Crippen LogP contribution in [0.2, 0.25) is 5.15 Å². The first-order valence-electron chi connectivity index (χ1n) is 4.88. The van der Waals surface area contributed by atoms with Gasteiger partial charge in [0.2, 0.25) is 0 Å². The van der Waals surface area contributed by atoms with Crippen LogP contribution >= 0.6 is 39.3 Å². The van der Waals surface area contributed by atoms with Gasteiger partial charge < -0.3 is 5.32 Å². The number of anilines is 1. The maximum atomic E-state index is 5.82. The van der Waals surface area contributed by atoms with E-state index in [1.165, 1.54) is 17.9 Å². The van der Waals surface area contributed by atoms with E-state index in [-0.39, 0.29) is 0 Å². The molecule has 5 heteroatoms. The van der Waals surface area contributed by atoms with Gasteiger partial charge in [-0.1, -0.05) is 11.6 Å². The lowest BCUT2D eigenvalue weighted by molar-refractivity contribution is 0.631. The van der Waals surface area contributed by atoms with Crippen LogP contribution in [0.25, 0.3) is 0 Å². The monoisotopic (exact) mass is 306 g/mol. The summed E-state index contributed by atoms with van der Waals surface area (Å²) in [6, 6.07) is 1.97. The van der Waals surface area contributed by atoms with Crippen LogP contribution in [0.3, 0.4) is 0 Å². The molecule has 0 saturated carbocycles. The molecule has 1 fully saturated rings. The fourth-order valence-corrected chi connectivity index (χ4v) is 3.26. The van der Waals surface area contributed by atoms with Crippen molar-refractivity contribution in [3.63, 3.8) is 0 Å². The standard InChI is InChI=1S/C10H12BrClN2S/c11-9-3-8(5-14-10(9)12)13-4-7-1-2-15-6-7/h3,5,7,13H,1-2,4,6H2. The zero-order chi connectivity index (χ0) is 10.7. The van der Waals surface area contributed by atoms with Crippen molar-refractivity contribution in [2.75, 3.05) is 23.4 Å². The molecule has 1 saturated heterocycles. The van der Waals surface area contributed by atoms with Crippen molar-refractivity contribution < 1.29 is 0 Å². The van der Waals surface area contributed by atoms with Crippen LogP contribution < -0.4 is 5.32 Å². The Kier molecular flexibility index (Phi) is 4.17. The lowest BCUT2D eigenvalue weighted by Gasteiger charge is -2.11. The summed E-state index contributed by atoms with van der Waals surface area (Å²) in [5.41, 5.74) is 1.03. The van der Waals surface area contributed by atoms with E-state index in [9.17, 15) is 0 Å². The van der Waals surface area contributed by atoms with Crippen LogP contribution in [0, 0.1) is 5.92 Å². The minimum atomic E-state index is 0.511. The molecule has 1 aromatic rings. The van der Waals surface area contributed by atoms with Crippen molar-refractivity contribution >= 4 is 45.0 Å². The molecule has 0 radical (unpaired) electrons. The SMILES string of the molecule is Clc1ncc(NCC2CCSC2)cc1Br. The van der Waals surface area contributed by atoms with Crippen molar-refractivity contribution in [2.45, 2.75) is 6.42 Å². The number of nitrogens with one attached hydrogen (secondary N) is 1. The molecule has 1 N–H and O–H groups in total. The highest BCUT2D eigenvalue weighted by Crippen LogP contribution is 2.25. The van der Waals surface area contributed by atoms with Crippen molar-refractivity contribution in [3.05, 3.63) is 21.9 Å². The van der Waals surface area contributed by atoms with Gasteiger partial charge in [-0.3, -0.25) is 0 Å². The van der Waals surface area contributed by atoms with E-state index in [1.54, 1.807) is 6.20 Å². The number of hydrogen-bond acceptors (Lipinski definition) is 3. The lowest BCUT2D eigenvalue weighted by atomic mass is 10.1. The molecule has 1 atom stereocenters. The summed E-state index contributed by atoms with van der Waals surface area (Å²) in [5.74, 6) is 3.37. The Bertz CT molecular complexity index is 342. The van der Waals surface area contributed by atoms with E-state index < -0.39 is 0 Å². The van der Waals surface area contributed by atoms with E-state index in [2.05, 4.69) is 26.2 Å². The lowest BCUT2D eigenvalue weighted by Crippen LogP contribution is -2.13. The molecule has 0 bridgehead atoms. The van der Waals surface area contributed by atoms with Gasteiger partial charge in [0.15, 0.2) is 0 Å². The Morgan fingerprint density at radius 3 is 3.20 bits per heavy atom. The maximum absolute atomic E-state index is 5.82. The fraction of sp³-hybridized carbons (Fsp3) is 0.500. The molecule has 0 amide bonds. The fourth-order valence-electron chi connectivity index (χ4n) is 1.52. The largest absolute Gasteiger partial charge is 0.383 e. The van der Waals surface area contributed by atoms with E-state index >= 15 is 0 Å². The second-order valence-corrected chi connectivity index (χ2v) is 5.97. The van der Waals surface area contributed by atoms with Crippen LogP contribution in [-0.4, -0.2) is 23.0 Å². The zero-order valence-corrected chi connectivity index (χ0v) is 11.3. The third-order valence-corrected chi connectivity index (χ3v) is 4.78. The maximum Gasteiger partial charge on any atom is 0.143 e. The van der Waals surface area contributed by atoms with Gasteiger partial charge in [-0.15, -0.1) is 0 Å². The summed E-state index contributed by atoms with van der Waals surface area (Å²) in [5, 5.41) is 3.90. The van der Waals surface area contributed by atoms with Crippen LogP contribution in [0.5, 0.6) is 0 Å². The molecule has 0 aliphatic carbocycles. The number of halogens is 2. The summed E-state index contributed by atoms with van der Waals surface area (Å²) in [4.78, 5) is 4.07. The van der Waals surface area contributed by atoms with E-state index in [0.29, 0.717) is 5.15 Å². The molecule has 15 heavy (non-hydrogen) atoms. The third-order valence-electron chi connectivity index (χ3n) is 2.42. The van der Waals surface area contributed by atoms with Gasteiger partial charge in [0.25, 0.3) is 0 Å². The molecule has 1 aromatic heterocycles. The molecule has 1 aliphatic heterocycles. The van der Waals surface area contributed by atoms with Crippen LogP contribution in [0.4, 0.5) is 5.69 Å². The normalized spacial score (nSPS) is 20.5. The summed E-state index contributed by atoms with van der Waals surface area (Å²) in [6.45, 7) is 1.03. The summed E-state index contributed by atoms with van der Waals surface area (Å²) < 4.78 is 0.843. The molecule has 82 valence electrons. The highest BCUT2D eigenvalue weighted by atomic mass is 79.9. The van der Waals surface area contributed by atoms with E-state index in [0.717, 1.165) is 22.6 Å². The Morgan fingerprint density at radius 2 is 2.53 bits per heavy atom. The van der Waals surface area contributed by atoms with Gasteiger partial charge in [-0.05, 0) is 45.8 Å². The number of pyridine rings is 1. The molecule has 0 spiro atoms. The Balaban J connectivity index is 1.90. The molecule has 2 heterocycles. The average Bonchev–Trinajstić information content (AvgIpc) is 2.73. The van der Waals surface area contributed by atoms with Crippen molar-refractivity contribution in [2.24, 2.45) is 5.92 Å². The zero-order valence-electron chi connectivity index (χ0n) is 8.17. The smallest absolute Gasteiger partial charge is 0.143 e. The summed E-state index contributed by atoms with van der Waals surface area (Å²) in [7, 11) is 0. The van der Waals surface area contributed by atoms with Gasteiger partial charge in [0.05, 0.1) is 16.4 Å². The van der Waals surface area contributed by atoms with Gasteiger partial charge in [-0.2, -0.15) is 11.8 Å². The predicted molar refractivity (Wildman–Crippen MR) is 70.9 cm³/mol. The molecular weight excluding hydrogens is 296 g/mol. The van der Waals surface area contributed by atoms with Crippen molar-refractivity contribution in [1.29, 1.82) is 0 Å². The molecule has 1 unspecified atom stereocenters. The average molecular weight is 308 g/mol. The van der Waals surface area contributed by atoms with E-state index in [4.69, 9.17) is 11.6 Å². The van der Waals surface area contributed by atoms with Gasteiger partial charge in [0.1, 0.15) is 5.15 Å². The van der Waals surface area contributed by atoms with Crippen LogP contribution in [0.1, 0.15) is 6.42 Å². The molecule has 2 nitrogen and oxygen atoms in total. The van der Waals surface area contributed by atoms with E-state index in [1.807, 2.05) is 17.8 Å². The third kappa shape index (κ3) is 3.26. The topological polar surface area (TPSA) is 24.9 Å². The summed E-state index contributed by atoms with van der Waals surface area (Å²) >= 11 is 11.2. The first-order valence-corrected chi connectivity index (χ1v) is 7.21. The Hall–Kier alpha value is 0.0700. The van der Waals surface area contributed by atoms with Gasteiger partial charge >= 0.3 is 0 Å². The predicted octanol–water partition coefficient (Wildman–Crippen LogP) is 3.66. The summed E-state index contributed by atoms with van der Waals surface area (Å²) in [6.07, 6.45) is 3.09. The van der Waals surface area contributed by atoms with Gasteiger partial charge in [0, 0.05) is 6.54 Å². The quantitative estimate of drug-likeness (QED) is 0.863.